The number of rotatable bonds is 4. The topological polar surface area (TPSA) is 46.6 Å². The average molecular weight is 343 g/mol. The van der Waals surface area contributed by atoms with Gasteiger partial charge in [-0.15, -0.1) is 11.5 Å². The molecule has 1 aromatic carbocycles. The molecular formula is C19H25NO3Si. The van der Waals surface area contributed by atoms with Crippen LogP contribution in [0.1, 0.15) is 31.4 Å². The van der Waals surface area contributed by atoms with E-state index in [-0.39, 0.29) is 24.5 Å². The summed E-state index contributed by atoms with van der Waals surface area (Å²) < 4.78 is 5.10. The second-order valence-corrected chi connectivity index (χ2v) is 12.1. The van der Waals surface area contributed by atoms with E-state index in [2.05, 4.69) is 31.1 Å². The maximum Gasteiger partial charge on any atom is 0.417 e. The van der Waals surface area contributed by atoms with Crippen LogP contribution in [0.2, 0.25) is 19.6 Å². The second-order valence-electron chi connectivity index (χ2n) is 7.33. The van der Waals surface area contributed by atoms with Crippen LogP contribution in [0.3, 0.4) is 0 Å². The minimum atomic E-state index is -1.39. The molecule has 0 bridgehead atoms. The van der Waals surface area contributed by atoms with Crippen molar-refractivity contribution in [3.8, 4) is 11.5 Å². The molecule has 1 aliphatic rings. The number of amides is 2. The van der Waals surface area contributed by atoms with Crippen LogP contribution in [0, 0.1) is 17.4 Å². The van der Waals surface area contributed by atoms with Crippen molar-refractivity contribution in [1.82, 2.24) is 4.90 Å². The van der Waals surface area contributed by atoms with E-state index in [4.69, 9.17) is 4.74 Å². The zero-order chi connectivity index (χ0) is 17.7. The first kappa shape index (κ1) is 18.3. The van der Waals surface area contributed by atoms with Crippen molar-refractivity contribution in [1.29, 1.82) is 0 Å². The summed E-state index contributed by atoms with van der Waals surface area (Å²) in [4.78, 5) is 25.8. The lowest BCUT2D eigenvalue weighted by atomic mass is 10.0. The summed E-state index contributed by atoms with van der Waals surface area (Å²) in [6.07, 6.45) is 0.433. The summed E-state index contributed by atoms with van der Waals surface area (Å²) in [5, 5.41) is 0. The number of carbonyl (C=O) groups is 2. The first-order valence-corrected chi connectivity index (χ1v) is 11.8. The van der Waals surface area contributed by atoms with Crippen LogP contribution >= 0.6 is 0 Å². The molecule has 0 spiro atoms. The molecule has 5 heteroatoms. The molecule has 0 N–H and O–H groups in total. The van der Waals surface area contributed by atoms with Crippen molar-refractivity contribution >= 4 is 20.1 Å². The second kappa shape index (κ2) is 7.67. The molecule has 2 rings (SSSR count). The highest BCUT2D eigenvalue weighted by Crippen LogP contribution is 2.29. The Morgan fingerprint density at radius 3 is 2.62 bits per heavy atom. The predicted octanol–water partition coefficient (Wildman–Crippen LogP) is 4.00. The van der Waals surface area contributed by atoms with Gasteiger partial charge in [-0.25, -0.2) is 9.69 Å². The van der Waals surface area contributed by atoms with E-state index in [0.29, 0.717) is 12.8 Å². The van der Waals surface area contributed by atoms with Gasteiger partial charge in [0.15, 0.2) is 0 Å². The highest BCUT2D eigenvalue weighted by molar-refractivity contribution is 6.83. The molecule has 0 aromatic heterocycles. The van der Waals surface area contributed by atoms with Gasteiger partial charge < -0.3 is 4.74 Å². The third kappa shape index (κ3) is 4.97. The van der Waals surface area contributed by atoms with Crippen LogP contribution < -0.4 is 0 Å². The van der Waals surface area contributed by atoms with Gasteiger partial charge in [-0.3, -0.25) is 4.79 Å². The summed E-state index contributed by atoms with van der Waals surface area (Å²) >= 11 is 0. The van der Waals surface area contributed by atoms with Gasteiger partial charge in [0.05, 0.1) is 0 Å². The van der Waals surface area contributed by atoms with Crippen LogP contribution in [0.5, 0.6) is 0 Å². The lowest BCUT2D eigenvalue weighted by Gasteiger charge is -2.21. The van der Waals surface area contributed by atoms with E-state index < -0.39 is 14.2 Å². The van der Waals surface area contributed by atoms with Crippen molar-refractivity contribution in [2.24, 2.45) is 5.92 Å². The van der Waals surface area contributed by atoms with Gasteiger partial charge in [0.2, 0.25) is 5.91 Å². The molecule has 4 nitrogen and oxygen atoms in total. The Morgan fingerprint density at radius 1 is 1.33 bits per heavy atom. The summed E-state index contributed by atoms with van der Waals surface area (Å²) in [5.74, 6) is 3.13. The maximum absolute atomic E-state index is 12.6. The van der Waals surface area contributed by atoms with E-state index in [1.807, 2.05) is 37.3 Å². The van der Waals surface area contributed by atoms with Gasteiger partial charge in [-0.2, -0.15) is 0 Å². The predicted molar refractivity (Wildman–Crippen MR) is 96.9 cm³/mol. The molecule has 1 aliphatic heterocycles. The lowest BCUT2D eigenvalue weighted by Crippen LogP contribution is -2.35. The standard InChI is InChI=1S/C19H25NO3Si/c1-15(9-8-12-24(2,3)4)13-18(21)20-17(14-23-19(20)22)16-10-6-5-7-11-16/h5-7,10-11,15,17H,9,13-14H2,1-4H3/t15-,17+/m0/s1. The van der Waals surface area contributed by atoms with Crippen LogP contribution in [0.4, 0.5) is 4.79 Å². The molecule has 2 amide bonds. The molecule has 24 heavy (non-hydrogen) atoms. The molecule has 128 valence electrons. The van der Waals surface area contributed by atoms with E-state index in [1.165, 1.54) is 4.90 Å². The monoisotopic (exact) mass is 343 g/mol. The van der Waals surface area contributed by atoms with Gasteiger partial charge in [0, 0.05) is 12.8 Å². The Balaban J connectivity index is 2.01. The molecule has 1 saturated heterocycles. The molecular weight excluding hydrogens is 318 g/mol. The Bertz CT molecular complexity index is 655. The quantitative estimate of drug-likeness (QED) is 0.613. The third-order valence-corrected chi connectivity index (χ3v) is 4.69. The summed E-state index contributed by atoms with van der Waals surface area (Å²) in [7, 11) is -1.39. The van der Waals surface area contributed by atoms with E-state index in [1.54, 1.807) is 0 Å². The van der Waals surface area contributed by atoms with Gasteiger partial charge in [-0.05, 0) is 11.5 Å². The molecule has 2 atom stereocenters. The zero-order valence-corrected chi connectivity index (χ0v) is 15.8. The number of nitrogens with zero attached hydrogens (tertiary/aromatic N) is 1. The maximum atomic E-state index is 12.6. The van der Waals surface area contributed by atoms with Crippen molar-refractivity contribution in [2.75, 3.05) is 6.61 Å². The Morgan fingerprint density at radius 2 is 2.00 bits per heavy atom. The fourth-order valence-electron chi connectivity index (χ4n) is 2.58. The van der Waals surface area contributed by atoms with Gasteiger partial charge in [0.25, 0.3) is 0 Å². The van der Waals surface area contributed by atoms with Crippen LogP contribution in [0.25, 0.3) is 0 Å². The zero-order valence-electron chi connectivity index (χ0n) is 14.8. The Labute approximate surface area is 145 Å². The SMILES string of the molecule is C[C@@H](CC#C[Si](C)(C)C)CC(=O)N1C(=O)OC[C@@H]1c1ccccc1. The number of hydrogen-bond donors (Lipinski definition) is 0. The minimum absolute atomic E-state index is 0.117. The molecule has 1 heterocycles. The van der Waals surface area contributed by atoms with E-state index >= 15 is 0 Å². The summed E-state index contributed by atoms with van der Waals surface area (Å²) in [6.45, 7) is 8.80. The number of ether oxygens (including phenoxy) is 1. The number of hydrogen-bond acceptors (Lipinski definition) is 3. The highest BCUT2D eigenvalue weighted by atomic mass is 28.3. The third-order valence-electron chi connectivity index (χ3n) is 3.76. The van der Waals surface area contributed by atoms with E-state index in [0.717, 1.165) is 5.56 Å². The normalized spacial score (nSPS) is 18.6. The van der Waals surface area contributed by atoms with Crippen molar-refractivity contribution in [3.63, 3.8) is 0 Å². The van der Waals surface area contributed by atoms with Crippen LogP contribution in [-0.4, -0.2) is 31.6 Å². The fraction of sp³-hybridized carbons (Fsp3) is 0.474. The first-order valence-electron chi connectivity index (χ1n) is 8.32. The number of carbonyl (C=O) groups excluding carboxylic acids is 2. The van der Waals surface area contributed by atoms with Crippen molar-refractivity contribution < 1.29 is 14.3 Å². The molecule has 0 unspecified atom stereocenters. The van der Waals surface area contributed by atoms with Gasteiger partial charge in [-0.1, -0.05) is 56.9 Å². The number of benzene rings is 1. The highest BCUT2D eigenvalue weighted by Gasteiger charge is 2.38. The summed E-state index contributed by atoms with van der Waals surface area (Å²) in [6, 6.07) is 9.20. The minimum Gasteiger partial charge on any atom is -0.446 e. The van der Waals surface area contributed by atoms with Gasteiger partial charge in [0.1, 0.15) is 20.7 Å². The smallest absolute Gasteiger partial charge is 0.417 e. The molecule has 0 radical (unpaired) electrons. The van der Waals surface area contributed by atoms with Crippen molar-refractivity contribution in [2.45, 2.75) is 45.4 Å². The fourth-order valence-corrected chi connectivity index (χ4v) is 3.21. The Kier molecular flexibility index (Phi) is 5.84. The average Bonchev–Trinajstić information content (AvgIpc) is 2.88. The molecule has 0 saturated carbocycles. The molecule has 1 fully saturated rings. The van der Waals surface area contributed by atoms with Crippen LogP contribution in [0.15, 0.2) is 30.3 Å². The Hall–Kier alpha value is -2.06. The molecule has 1 aromatic rings. The number of imide groups is 1. The van der Waals surface area contributed by atoms with Crippen molar-refractivity contribution in [3.05, 3.63) is 35.9 Å². The largest absolute Gasteiger partial charge is 0.446 e. The lowest BCUT2D eigenvalue weighted by molar-refractivity contribution is -0.130. The van der Waals surface area contributed by atoms with E-state index in [9.17, 15) is 9.59 Å². The summed E-state index contributed by atoms with van der Waals surface area (Å²) in [5.41, 5.74) is 4.23. The van der Waals surface area contributed by atoms with Crippen LogP contribution in [-0.2, 0) is 9.53 Å². The first-order chi connectivity index (χ1) is 11.3. The number of cyclic esters (lactones) is 1. The molecule has 0 aliphatic carbocycles. The van der Waals surface area contributed by atoms with Gasteiger partial charge >= 0.3 is 6.09 Å².